The molecule has 1 aromatic carbocycles. The van der Waals surface area contributed by atoms with Gasteiger partial charge in [-0.15, -0.1) is 0 Å². The van der Waals surface area contributed by atoms with Crippen molar-refractivity contribution in [2.45, 2.75) is 25.9 Å². The quantitative estimate of drug-likeness (QED) is 0.647. The summed E-state index contributed by atoms with van der Waals surface area (Å²) in [4.78, 5) is 10.4. The Hall–Kier alpha value is -1.14. The van der Waals surface area contributed by atoms with E-state index in [0.717, 1.165) is 18.5 Å². The van der Waals surface area contributed by atoms with Crippen molar-refractivity contribution in [2.75, 3.05) is 11.9 Å². The Morgan fingerprint density at radius 2 is 2.28 bits per heavy atom. The number of hydrogen-bond donors (Lipinski definition) is 2. The Morgan fingerprint density at radius 3 is 2.83 bits per heavy atom. The van der Waals surface area contributed by atoms with Gasteiger partial charge < -0.3 is 10.4 Å². The first-order valence-corrected chi connectivity index (χ1v) is 6.65. The zero-order chi connectivity index (χ0) is 13.3. The number of nitrogens with zero attached hydrogens (tertiary/aromatic N) is 1. The summed E-state index contributed by atoms with van der Waals surface area (Å²) < 4.78 is 0.641. The van der Waals surface area contributed by atoms with Crippen LogP contribution in [0.1, 0.15) is 18.4 Å². The van der Waals surface area contributed by atoms with Crippen LogP contribution in [-0.2, 0) is 0 Å². The minimum Gasteiger partial charge on any atom is -0.391 e. The van der Waals surface area contributed by atoms with Crippen LogP contribution in [0, 0.1) is 23.0 Å². The summed E-state index contributed by atoms with van der Waals surface area (Å²) in [5.41, 5.74) is 1.47. The first-order valence-electron chi connectivity index (χ1n) is 5.85. The fourth-order valence-corrected chi connectivity index (χ4v) is 2.34. The molecule has 0 bridgehead atoms. The van der Waals surface area contributed by atoms with E-state index in [2.05, 4.69) is 21.2 Å². The molecule has 2 rings (SSSR count). The number of anilines is 1. The minimum atomic E-state index is -0.400. The second kappa shape index (κ2) is 5.24. The largest absolute Gasteiger partial charge is 0.391 e. The Morgan fingerprint density at radius 1 is 1.61 bits per heavy atom. The average Bonchev–Trinajstić information content (AvgIpc) is 3.12. The van der Waals surface area contributed by atoms with Crippen molar-refractivity contribution in [1.29, 1.82) is 0 Å². The lowest BCUT2D eigenvalue weighted by Crippen LogP contribution is -2.21. The molecule has 98 valence electrons. The van der Waals surface area contributed by atoms with Gasteiger partial charge >= 0.3 is 0 Å². The molecule has 6 heteroatoms. The maximum absolute atomic E-state index is 10.8. The second-order valence-electron chi connectivity index (χ2n) is 4.66. The fourth-order valence-electron chi connectivity index (χ4n) is 1.87. The molecule has 0 spiro atoms. The van der Waals surface area contributed by atoms with Crippen molar-refractivity contribution in [3.8, 4) is 0 Å². The highest BCUT2D eigenvalue weighted by molar-refractivity contribution is 9.10. The van der Waals surface area contributed by atoms with E-state index in [-0.39, 0.29) is 11.8 Å². The summed E-state index contributed by atoms with van der Waals surface area (Å²) in [6.07, 6.45) is 1.83. The van der Waals surface area contributed by atoms with E-state index in [0.29, 0.717) is 22.5 Å². The topological polar surface area (TPSA) is 75.4 Å². The molecular formula is C12H15BrN2O3. The molecule has 1 atom stereocenters. The summed E-state index contributed by atoms with van der Waals surface area (Å²) in [6.45, 7) is 2.17. The molecule has 1 aromatic rings. The molecule has 5 nitrogen and oxygen atoms in total. The van der Waals surface area contributed by atoms with E-state index >= 15 is 0 Å². The van der Waals surface area contributed by atoms with E-state index in [1.54, 1.807) is 13.0 Å². The van der Waals surface area contributed by atoms with Crippen molar-refractivity contribution < 1.29 is 10.0 Å². The van der Waals surface area contributed by atoms with Crippen LogP contribution in [0.3, 0.4) is 0 Å². The van der Waals surface area contributed by atoms with E-state index in [4.69, 9.17) is 0 Å². The molecule has 0 amide bonds. The van der Waals surface area contributed by atoms with Gasteiger partial charge in [-0.3, -0.25) is 10.1 Å². The summed E-state index contributed by atoms with van der Waals surface area (Å²) in [5, 5.41) is 23.7. The fraction of sp³-hybridized carbons (Fsp3) is 0.500. The van der Waals surface area contributed by atoms with Crippen molar-refractivity contribution in [3.63, 3.8) is 0 Å². The van der Waals surface area contributed by atoms with Gasteiger partial charge in [-0.05, 0) is 47.7 Å². The van der Waals surface area contributed by atoms with Gasteiger partial charge in [-0.25, -0.2) is 0 Å². The third-order valence-electron chi connectivity index (χ3n) is 3.15. The normalized spacial score (nSPS) is 16.4. The molecule has 2 N–H and O–H groups in total. The number of aryl methyl sites for hydroxylation is 1. The predicted octanol–water partition coefficient (Wildman–Crippen LogP) is 2.85. The highest BCUT2D eigenvalue weighted by Crippen LogP contribution is 2.34. The monoisotopic (exact) mass is 314 g/mol. The molecular weight excluding hydrogens is 300 g/mol. The maximum Gasteiger partial charge on any atom is 0.273 e. The molecule has 1 fully saturated rings. The number of nitro benzene ring substituents is 1. The number of nitro groups is 1. The van der Waals surface area contributed by atoms with Crippen LogP contribution in [0.5, 0.6) is 0 Å². The summed E-state index contributed by atoms with van der Waals surface area (Å²) in [7, 11) is 0. The van der Waals surface area contributed by atoms with Gasteiger partial charge in [-0.2, -0.15) is 0 Å². The molecule has 0 radical (unpaired) electrons. The SMILES string of the molecule is Cc1cc(NCC(O)C2CC2)c(Br)cc1[N+](=O)[O-]. The van der Waals surface area contributed by atoms with E-state index in [1.165, 1.54) is 6.07 Å². The van der Waals surface area contributed by atoms with Crippen molar-refractivity contribution >= 4 is 27.3 Å². The third kappa shape index (κ3) is 3.00. The maximum atomic E-state index is 10.8. The number of nitrogens with one attached hydrogen (secondary N) is 1. The van der Waals surface area contributed by atoms with Crippen LogP contribution in [0.2, 0.25) is 0 Å². The highest BCUT2D eigenvalue weighted by Gasteiger charge is 2.29. The first kappa shape index (κ1) is 13.3. The standard InChI is InChI=1S/C12H15BrN2O3/c1-7-4-10(9(13)5-11(7)15(17)18)14-6-12(16)8-2-3-8/h4-5,8,12,14,16H,2-3,6H2,1H3. The zero-order valence-corrected chi connectivity index (χ0v) is 11.6. The van der Waals surface area contributed by atoms with Crippen molar-refractivity contribution in [2.24, 2.45) is 5.92 Å². The lowest BCUT2D eigenvalue weighted by molar-refractivity contribution is -0.385. The molecule has 1 saturated carbocycles. The predicted molar refractivity (Wildman–Crippen MR) is 72.8 cm³/mol. The van der Waals surface area contributed by atoms with Gasteiger partial charge in [0.15, 0.2) is 0 Å². The minimum absolute atomic E-state index is 0.0927. The van der Waals surface area contributed by atoms with Gasteiger partial charge in [0, 0.05) is 28.3 Å². The molecule has 1 aliphatic carbocycles. The molecule has 0 heterocycles. The highest BCUT2D eigenvalue weighted by atomic mass is 79.9. The average molecular weight is 315 g/mol. The van der Waals surface area contributed by atoms with E-state index in [9.17, 15) is 15.2 Å². The van der Waals surface area contributed by atoms with Gasteiger partial charge in [-0.1, -0.05) is 0 Å². The Balaban J connectivity index is 2.08. The first-order chi connectivity index (χ1) is 8.49. The summed E-state index contributed by atoms with van der Waals surface area (Å²) in [5.74, 6) is 0.412. The molecule has 1 unspecified atom stereocenters. The van der Waals surface area contributed by atoms with Crippen LogP contribution < -0.4 is 5.32 Å². The Labute approximate surface area is 113 Å². The number of halogens is 1. The van der Waals surface area contributed by atoms with Gasteiger partial charge in [0.2, 0.25) is 0 Å². The summed E-state index contributed by atoms with van der Waals surface area (Å²) in [6, 6.07) is 3.21. The van der Waals surface area contributed by atoms with Crippen molar-refractivity contribution in [1.82, 2.24) is 0 Å². The lowest BCUT2D eigenvalue weighted by Gasteiger charge is -2.13. The van der Waals surface area contributed by atoms with Crippen LogP contribution in [0.25, 0.3) is 0 Å². The van der Waals surface area contributed by atoms with Crippen LogP contribution in [0.15, 0.2) is 16.6 Å². The van der Waals surface area contributed by atoms with Gasteiger partial charge in [0.1, 0.15) is 0 Å². The second-order valence-corrected chi connectivity index (χ2v) is 5.52. The van der Waals surface area contributed by atoms with Crippen LogP contribution >= 0.6 is 15.9 Å². The van der Waals surface area contributed by atoms with Gasteiger partial charge in [0.05, 0.1) is 11.0 Å². The Bertz CT molecular complexity index is 475. The van der Waals surface area contributed by atoms with E-state index < -0.39 is 4.92 Å². The Kier molecular flexibility index (Phi) is 3.87. The van der Waals surface area contributed by atoms with Crippen LogP contribution in [-0.4, -0.2) is 22.7 Å². The lowest BCUT2D eigenvalue weighted by atomic mass is 10.1. The number of aliphatic hydroxyl groups excluding tert-OH is 1. The molecule has 18 heavy (non-hydrogen) atoms. The molecule has 0 aromatic heterocycles. The van der Waals surface area contributed by atoms with Crippen molar-refractivity contribution in [3.05, 3.63) is 32.3 Å². The van der Waals surface area contributed by atoms with E-state index in [1.807, 2.05) is 0 Å². The number of hydrogen-bond acceptors (Lipinski definition) is 4. The number of benzene rings is 1. The molecule has 1 aliphatic rings. The number of rotatable bonds is 5. The zero-order valence-electron chi connectivity index (χ0n) is 10.0. The molecule has 0 aliphatic heterocycles. The number of aliphatic hydroxyl groups is 1. The third-order valence-corrected chi connectivity index (χ3v) is 3.81. The smallest absolute Gasteiger partial charge is 0.273 e. The van der Waals surface area contributed by atoms with Crippen LogP contribution in [0.4, 0.5) is 11.4 Å². The molecule has 0 saturated heterocycles. The van der Waals surface area contributed by atoms with Gasteiger partial charge in [0.25, 0.3) is 5.69 Å². The summed E-state index contributed by atoms with van der Waals surface area (Å²) >= 11 is 3.30.